The van der Waals surface area contributed by atoms with Crippen LogP contribution in [0.2, 0.25) is 0 Å². The molecule has 7 heteroatoms. The predicted molar refractivity (Wildman–Crippen MR) is 64.1 cm³/mol. The molecule has 2 rings (SSSR count). The Labute approximate surface area is 100 Å². The van der Waals surface area contributed by atoms with Crippen LogP contribution < -0.4 is 0 Å². The molecule has 0 aliphatic carbocycles. The fraction of sp³-hybridized carbons (Fsp3) is 0. The summed E-state index contributed by atoms with van der Waals surface area (Å²) >= 11 is 1.33. The summed E-state index contributed by atoms with van der Waals surface area (Å²) in [6.45, 7) is 0. The highest BCUT2D eigenvalue weighted by Gasteiger charge is 2.08. The molecule has 0 fully saturated rings. The molecule has 0 aliphatic rings. The zero-order valence-corrected chi connectivity index (χ0v) is 9.29. The Morgan fingerprint density at radius 3 is 3.00 bits per heavy atom. The van der Waals surface area contributed by atoms with Gasteiger partial charge in [0, 0.05) is 35.5 Å². The molecule has 0 unspecified atom stereocenters. The highest BCUT2D eigenvalue weighted by atomic mass is 32.1. The van der Waals surface area contributed by atoms with Crippen LogP contribution in [-0.4, -0.2) is 21.2 Å². The van der Waals surface area contributed by atoms with E-state index in [4.69, 9.17) is 0 Å². The van der Waals surface area contributed by atoms with Crippen molar-refractivity contribution in [1.29, 1.82) is 0 Å². The third-order valence-electron chi connectivity index (χ3n) is 1.96. The number of phenols is 1. The number of non-ortho nitro benzene ring substituents is 1. The summed E-state index contributed by atoms with van der Waals surface area (Å²) in [6, 6.07) is 3.75. The third kappa shape index (κ3) is 2.64. The highest BCUT2D eigenvalue weighted by molar-refractivity contribution is 7.13. The first-order valence-corrected chi connectivity index (χ1v) is 5.46. The van der Waals surface area contributed by atoms with Crippen molar-refractivity contribution < 1.29 is 10.0 Å². The Balaban J connectivity index is 2.31. The summed E-state index contributed by atoms with van der Waals surface area (Å²) < 4.78 is 0. The Bertz CT molecular complexity index is 566. The largest absolute Gasteiger partial charge is 0.507 e. The normalized spacial score (nSPS) is 10.8. The van der Waals surface area contributed by atoms with Crippen LogP contribution in [0.1, 0.15) is 5.56 Å². The van der Waals surface area contributed by atoms with Crippen LogP contribution >= 0.6 is 11.3 Å². The number of aromatic hydroxyl groups is 1. The van der Waals surface area contributed by atoms with E-state index < -0.39 is 4.92 Å². The van der Waals surface area contributed by atoms with Gasteiger partial charge in [-0.3, -0.25) is 10.1 Å². The predicted octanol–water partition coefficient (Wildman–Crippen LogP) is 2.51. The molecule has 0 saturated carbocycles. The Morgan fingerprint density at radius 2 is 2.35 bits per heavy atom. The minimum absolute atomic E-state index is 0.0593. The molecule has 6 nitrogen and oxygen atoms in total. The number of nitro benzene ring substituents is 1. The van der Waals surface area contributed by atoms with Gasteiger partial charge in [-0.1, -0.05) is 0 Å². The third-order valence-corrected chi connectivity index (χ3v) is 2.63. The van der Waals surface area contributed by atoms with E-state index in [1.54, 1.807) is 11.6 Å². The molecule has 1 aromatic carbocycles. The first kappa shape index (κ1) is 11.2. The van der Waals surface area contributed by atoms with Gasteiger partial charge in [-0.2, -0.15) is 0 Å². The summed E-state index contributed by atoms with van der Waals surface area (Å²) in [5, 5.41) is 22.4. The maximum absolute atomic E-state index is 10.6. The van der Waals surface area contributed by atoms with Gasteiger partial charge >= 0.3 is 0 Å². The Morgan fingerprint density at radius 1 is 1.53 bits per heavy atom. The SMILES string of the molecule is O=[N+]([O-])c1ccc(O)c(/C=N/c2nccs2)c1. The molecule has 1 heterocycles. The van der Waals surface area contributed by atoms with Crippen LogP contribution in [0.25, 0.3) is 0 Å². The molecule has 86 valence electrons. The number of aliphatic imine (C=N–C) groups is 1. The van der Waals surface area contributed by atoms with Gasteiger partial charge < -0.3 is 5.11 Å². The van der Waals surface area contributed by atoms with E-state index in [1.165, 1.54) is 35.8 Å². The van der Waals surface area contributed by atoms with Crippen LogP contribution in [0.3, 0.4) is 0 Å². The Hall–Kier alpha value is -2.28. The van der Waals surface area contributed by atoms with Gasteiger partial charge in [-0.05, 0) is 6.07 Å². The molecule has 1 N–H and O–H groups in total. The lowest BCUT2D eigenvalue weighted by molar-refractivity contribution is -0.384. The van der Waals surface area contributed by atoms with E-state index in [2.05, 4.69) is 9.98 Å². The fourth-order valence-electron chi connectivity index (χ4n) is 1.16. The number of rotatable bonds is 3. The van der Waals surface area contributed by atoms with Crippen molar-refractivity contribution in [3.63, 3.8) is 0 Å². The molecule has 17 heavy (non-hydrogen) atoms. The average molecular weight is 249 g/mol. The summed E-state index contributed by atoms with van der Waals surface area (Å²) in [7, 11) is 0. The molecule has 0 radical (unpaired) electrons. The highest BCUT2D eigenvalue weighted by Crippen LogP contribution is 2.22. The van der Waals surface area contributed by atoms with Gasteiger partial charge in [0.05, 0.1) is 4.92 Å². The zero-order chi connectivity index (χ0) is 12.3. The van der Waals surface area contributed by atoms with Crippen molar-refractivity contribution in [3.8, 4) is 5.75 Å². The van der Waals surface area contributed by atoms with Crippen molar-refractivity contribution in [2.75, 3.05) is 0 Å². The van der Waals surface area contributed by atoms with Crippen LogP contribution in [0.4, 0.5) is 10.8 Å². The van der Waals surface area contributed by atoms with Gasteiger partial charge in [0.2, 0.25) is 5.13 Å². The van der Waals surface area contributed by atoms with Crippen molar-refractivity contribution in [2.45, 2.75) is 0 Å². The second kappa shape index (κ2) is 4.71. The van der Waals surface area contributed by atoms with Gasteiger partial charge in [-0.25, -0.2) is 9.98 Å². The molecule has 0 amide bonds. The van der Waals surface area contributed by atoms with Gasteiger partial charge in [0.25, 0.3) is 5.69 Å². The van der Waals surface area contributed by atoms with Gasteiger partial charge in [-0.15, -0.1) is 11.3 Å². The van der Waals surface area contributed by atoms with Crippen molar-refractivity contribution in [2.24, 2.45) is 4.99 Å². The lowest BCUT2D eigenvalue weighted by atomic mass is 10.2. The number of thiazole rings is 1. The van der Waals surface area contributed by atoms with Crippen molar-refractivity contribution >= 4 is 28.4 Å². The molecule has 0 bridgehead atoms. The molecule has 0 saturated heterocycles. The molecule has 2 aromatic rings. The van der Waals surface area contributed by atoms with Gasteiger partial charge in [0.1, 0.15) is 5.75 Å². The lowest BCUT2D eigenvalue weighted by Crippen LogP contribution is -1.90. The summed E-state index contributed by atoms with van der Waals surface area (Å²) in [5.74, 6) is -0.0593. The van der Waals surface area contributed by atoms with E-state index in [1.807, 2.05) is 0 Å². The van der Waals surface area contributed by atoms with E-state index in [-0.39, 0.29) is 17.0 Å². The van der Waals surface area contributed by atoms with Crippen LogP contribution in [0.15, 0.2) is 34.8 Å². The number of nitro groups is 1. The van der Waals surface area contributed by atoms with Crippen LogP contribution in [0.5, 0.6) is 5.75 Å². The molecular weight excluding hydrogens is 242 g/mol. The first-order valence-electron chi connectivity index (χ1n) is 4.58. The van der Waals surface area contributed by atoms with Gasteiger partial charge in [0.15, 0.2) is 0 Å². The van der Waals surface area contributed by atoms with Crippen molar-refractivity contribution in [3.05, 3.63) is 45.5 Å². The molecular formula is C10H7N3O3S. The smallest absolute Gasteiger partial charge is 0.270 e. The average Bonchev–Trinajstić information content (AvgIpc) is 2.80. The van der Waals surface area contributed by atoms with Crippen LogP contribution in [-0.2, 0) is 0 Å². The standard InChI is InChI=1S/C10H7N3O3S/c14-9-2-1-8(13(15)16)5-7(9)6-12-10-11-3-4-17-10/h1-6,14H/b12-6+. The number of hydrogen-bond donors (Lipinski definition) is 1. The quantitative estimate of drug-likeness (QED) is 0.514. The minimum atomic E-state index is -0.528. The molecule has 0 aliphatic heterocycles. The molecule has 1 aromatic heterocycles. The lowest BCUT2D eigenvalue weighted by Gasteiger charge is -1.97. The summed E-state index contributed by atoms with van der Waals surface area (Å²) in [6.07, 6.45) is 2.95. The maximum Gasteiger partial charge on any atom is 0.270 e. The number of hydrogen-bond acceptors (Lipinski definition) is 6. The number of nitrogens with zero attached hydrogens (tertiary/aromatic N) is 3. The second-order valence-electron chi connectivity index (χ2n) is 3.07. The number of aromatic nitrogens is 1. The second-order valence-corrected chi connectivity index (χ2v) is 3.95. The zero-order valence-electron chi connectivity index (χ0n) is 8.48. The maximum atomic E-state index is 10.6. The van der Waals surface area contributed by atoms with E-state index in [0.717, 1.165) is 0 Å². The first-order chi connectivity index (χ1) is 8.16. The Kier molecular flexibility index (Phi) is 3.10. The summed E-state index contributed by atoms with van der Waals surface area (Å²) in [4.78, 5) is 18.0. The van der Waals surface area contributed by atoms with Crippen LogP contribution in [0, 0.1) is 10.1 Å². The van der Waals surface area contributed by atoms with E-state index in [9.17, 15) is 15.2 Å². The number of benzene rings is 1. The van der Waals surface area contributed by atoms with Crippen molar-refractivity contribution in [1.82, 2.24) is 4.98 Å². The number of phenolic OH excluding ortho intramolecular Hbond substituents is 1. The van der Waals surface area contributed by atoms with E-state index in [0.29, 0.717) is 5.13 Å². The monoisotopic (exact) mass is 249 g/mol. The van der Waals surface area contributed by atoms with E-state index >= 15 is 0 Å². The molecule has 0 spiro atoms. The fourth-order valence-corrected chi connectivity index (χ4v) is 1.64. The topological polar surface area (TPSA) is 88.6 Å². The minimum Gasteiger partial charge on any atom is -0.507 e. The molecule has 0 atom stereocenters. The summed E-state index contributed by atoms with van der Waals surface area (Å²) in [5.41, 5.74) is 0.192.